The molecule has 0 atom stereocenters. The summed E-state index contributed by atoms with van der Waals surface area (Å²) in [5.74, 6) is 1.46. The van der Waals surface area contributed by atoms with Gasteiger partial charge in [-0.15, -0.1) is 0 Å². The van der Waals surface area contributed by atoms with Crippen molar-refractivity contribution in [3.8, 4) is 5.75 Å². The molecule has 0 aromatic heterocycles. The van der Waals surface area contributed by atoms with Crippen molar-refractivity contribution in [2.45, 2.75) is 0 Å². The molecule has 0 amide bonds. The predicted octanol–water partition coefficient (Wildman–Crippen LogP) is 2.14. The van der Waals surface area contributed by atoms with Crippen molar-refractivity contribution < 1.29 is 19.4 Å². The molecule has 1 N–H and O–H groups in total. The lowest BCUT2D eigenvalue weighted by atomic mass is 10.2. The summed E-state index contributed by atoms with van der Waals surface area (Å²) < 4.78 is 10.4. The number of carboxylic acids is 1. The van der Waals surface area contributed by atoms with Crippen LogP contribution in [0.3, 0.4) is 0 Å². The first kappa shape index (κ1) is 13.9. The fourth-order valence-electron chi connectivity index (χ4n) is 1.18. The molecule has 17 heavy (non-hydrogen) atoms. The second-order valence-electron chi connectivity index (χ2n) is 3.29. The molecule has 0 bridgehead atoms. The van der Waals surface area contributed by atoms with Crippen molar-refractivity contribution in [3.63, 3.8) is 0 Å². The Kier molecular flexibility index (Phi) is 6.50. The normalized spacial score (nSPS) is 10.2. The van der Waals surface area contributed by atoms with Crippen molar-refractivity contribution in [1.29, 1.82) is 0 Å². The summed E-state index contributed by atoms with van der Waals surface area (Å²) in [4.78, 5) is 10.7. The molecule has 0 fully saturated rings. The molecule has 1 rings (SSSR count). The molecule has 0 saturated carbocycles. The molecule has 0 spiro atoms. The average molecular weight is 256 g/mol. The van der Waals surface area contributed by atoms with Gasteiger partial charge in [0.15, 0.2) is 0 Å². The molecular formula is C12H16O4S. The minimum absolute atomic E-state index is 0.245. The molecule has 1 aromatic carbocycles. The van der Waals surface area contributed by atoms with Crippen LogP contribution in [0.25, 0.3) is 0 Å². The van der Waals surface area contributed by atoms with E-state index >= 15 is 0 Å². The largest absolute Gasteiger partial charge is 0.493 e. The highest BCUT2D eigenvalue weighted by atomic mass is 32.2. The standard InChI is InChI=1S/C12H16O4S/c1-15-5-7-17-8-6-16-11-4-2-3-10(9-11)12(13)14/h2-4,9H,5-8H2,1H3,(H,13,14). The number of methoxy groups -OCH3 is 1. The first-order valence-electron chi connectivity index (χ1n) is 5.27. The molecule has 0 unspecified atom stereocenters. The monoisotopic (exact) mass is 256 g/mol. The van der Waals surface area contributed by atoms with Crippen molar-refractivity contribution in [2.24, 2.45) is 0 Å². The molecular weight excluding hydrogens is 240 g/mol. The highest BCUT2D eigenvalue weighted by Gasteiger charge is 2.03. The number of hydrogen-bond acceptors (Lipinski definition) is 4. The maximum absolute atomic E-state index is 10.7. The number of rotatable bonds is 8. The third-order valence-electron chi connectivity index (χ3n) is 2.01. The molecule has 0 aliphatic rings. The van der Waals surface area contributed by atoms with Crippen LogP contribution in [0, 0.1) is 0 Å². The van der Waals surface area contributed by atoms with E-state index in [-0.39, 0.29) is 5.56 Å². The van der Waals surface area contributed by atoms with Crippen LogP contribution in [0.1, 0.15) is 10.4 Å². The number of thioether (sulfide) groups is 1. The topological polar surface area (TPSA) is 55.8 Å². The first-order valence-corrected chi connectivity index (χ1v) is 6.42. The van der Waals surface area contributed by atoms with Crippen molar-refractivity contribution in [2.75, 3.05) is 31.8 Å². The summed E-state index contributed by atoms with van der Waals surface area (Å²) in [6, 6.07) is 6.51. The molecule has 0 radical (unpaired) electrons. The molecule has 0 aliphatic carbocycles. The van der Waals surface area contributed by atoms with Crippen LogP contribution in [0.2, 0.25) is 0 Å². The Hall–Kier alpha value is -1.20. The molecule has 0 heterocycles. The van der Waals surface area contributed by atoms with Gasteiger partial charge < -0.3 is 14.6 Å². The third kappa shape index (κ3) is 5.60. The molecule has 0 saturated heterocycles. The second-order valence-corrected chi connectivity index (χ2v) is 4.51. The lowest BCUT2D eigenvalue weighted by Crippen LogP contribution is -2.03. The smallest absolute Gasteiger partial charge is 0.335 e. The highest BCUT2D eigenvalue weighted by molar-refractivity contribution is 7.99. The number of ether oxygens (including phenoxy) is 2. The fraction of sp³-hybridized carbons (Fsp3) is 0.417. The summed E-state index contributed by atoms with van der Waals surface area (Å²) in [5, 5.41) is 8.80. The Balaban J connectivity index is 2.27. The molecule has 1 aromatic rings. The summed E-state index contributed by atoms with van der Waals surface area (Å²) in [5.41, 5.74) is 0.245. The number of aromatic carboxylic acids is 1. The van der Waals surface area contributed by atoms with Crippen molar-refractivity contribution >= 4 is 17.7 Å². The number of hydrogen-bond donors (Lipinski definition) is 1. The summed E-state index contributed by atoms with van der Waals surface area (Å²) >= 11 is 1.74. The van der Waals surface area contributed by atoms with Crippen LogP contribution in [0.5, 0.6) is 5.75 Å². The van der Waals surface area contributed by atoms with Crippen LogP contribution >= 0.6 is 11.8 Å². The van der Waals surface area contributed by atoms with E-state index in [2.05, 4.69) is 0 Å². The van der Waals surface area contributed by atoms with Crippen LogP contribution < -0.4 is 4.74 Å². The fourth-order valence-corrected chi connectivity index (χ4v) is 1.87. The van der Waals surface area contributed by atoms with Crippen LogP contribution in [-0.4, -0.2) is 42.9 Å². The number of carboxylic acid groups (broad SMARTS) is 1. The Labute approximate surface area is 105 Å². The Morgan fingerprint density at radius 3 is 2.82 bits per heavy atom. The van der Waals surface area contributed by atoms with E-state index in [1.807, 2.05) is 0 Å². The van der Waals surface area contributed by atoms with Gasteiger partial charge in [-0.3, -0.25) is 0 Å². The Bertz CT molecular complexity index is 354. The SMILES string of the molecule is COCCSCCOc1cccc(C(=O)O)c1. The van der Waals surface area contributed by atoms with E-state index in [1.54, 1.807) is 37.1 Å². The van der Waals surface area contributed by atoms with Crippen molar-refractivity contribution in [1.82, 2.24) is 0 Å². The average Bonchev–Trinajstić information content (AvgIpc) is 2.34. The zero-order valence-corrected chi connectivity index (χ0v) is 10.5. The van der Waals surface area contributed by atoms with E-state index in [4.69, 9.17) is 14.6 Å². The van der Waals surface area contributed by atoms with E-state index in [0.717, 1.165) is 18.1 Å². The first-order chi connectivity index (χ1) is 8.24. The molecule has 0 aliphatic heterocycles. The van der Waals surface area contributed by atoms with E-state index in [0.29, 0.717) is 12.4 Å². The molecule has 5 heteroatoms. The van der Waals surface area contributed by atoms with Crippen LogP contribution in [0.15, 0.2) is 24.3 Å². The summed E-state index contributed by atoms with van der Waals surface area (Å²) in [6.45, 7) is 1.30. The van der Waals surface area contributed by atoms with Gasteiger partial charge in [0, 0.05) is 18.6 Å². The van der Waals surface area contributed by atoms with Gasteiger partial charge in [-0.05, 0) is 18.2 Å². The van der Waals surface area contributed by atoms with Crippen LogP contribution in [-0.2, 0) is 4.74 Å². The molecule has 94 valence electrons. The van der Waals surface area contributed by atoms with Gasteiger partial charge in [0.2, 0.25) is 0 Å². The van der Waals surface area contributed by atoms with E-state index in [1.165, 1.54) is 6.07 Å². The van der Waals surface area contributed by atoms with Gasteiger partial charge in [-0.1, -0.05) is 6.07 Å². The number of benzene rings is 1. The minimum atomic E-state index is -0.940. The van der Waals surface area contributed by atoms with Gasteiger partial charge in [-0.25, -0.2) is 4.79 Å². The van der Waals surface area contributed by atoms with Gasteiger partial charge >= 0.3 is 5.97 Å². The lowest BCUT2D eigenvalue weighted by molar-refractivity contribution is 0.0696. The van der Waals surface area contributed by atoms with E-state index in [9.17, 15) is 4.79 Å². The van der Waals surface area contributed by atoms with Crippen LogP contribution in [0.4, 0.5) is 0 Å². The predicted molar refractivity (Wildman–Crippen MR) is 68.1 cm³/mol. The van der Waals surface area contributed by atoms with Gasteiger partial charge in [0.1, 0.15) is 5.75 Å². The minimum Gasteiger partial charge on any atom is -0.493 e. The third-order valence-corrected chi connectivity index (χ3v) is 2.92. The zero-order chi connectivity index (χ0) is 12.5. The van der Waals surface area contributed by atoms with Crippen molar-refractivity contribution in [3.05, 3.63) is 29.8 Å². The summed E-state index contributed by atoms with van der Waals surface area (Å²) in [6.07, 6.45) is 0. The maximum Gasteiger partial charge on any atom is 0.335 e. The summed E-state index contributed by atoms with van der Waals surface area (Å²) in [7, 11) is 1.68. The van der Waals surface area contributed by atoms with E-state index < -0.39 is 5.97 Å². The molecule has 4 nitrogen and oxygen atoms in total. The second kappa shape index (κ2) is 7.97. The Morgan fingerprint density at radius 1 is 1.35 bits per heavy atom. The maximum atomic E-state index is 10.7. The Morgan fingerprint density at radius 2 is 2.12 bits per heavy atom. The van der Waals surface area contributed by atoms with Gasteiger partial charge in [-0.2, -0.15) is 11.8 Å². The zero-order valence-electron chi connectivity index (χ0n) is 9.72. The lowest BCUT2D eigenvalue weighted by Gasteiger charge is -2.06. The quantitative estimate of drug-likeness (QED) is 0.722. The number of carbonyl (C=O) groups is 1. The highest BCUT2D eigenvalue weighted by Crippen LogP contribution is 2.13. The van der Waals surface area contributed by atoms with Gasteiger partial charge in [0.05, 0.1) is 18.8 Å². The van der Waals surface area contributed by atoms with Gasteiger partial charge in [0.25, 0.3) is 0 Å².